The van der Waals surface area contributed by atoms with Crippen molar-refractivity contribution in [2.75, 3.05) is 13.1 Å². The van der Waals surface area contributed by atoms with Crippen LogP contribution in [-0.4, -0.2) is 35.7 Å². The number of nitrogens with zero attached hydrogens (tertiary/aromatic N) is 1. The molecule has 1 fully saturated rings. The lowest BCUT2D eigenvalue weighted by Gasteiger charge is -2.25. The van der Waals surface area contributed by atoms with Crippen LogP contribution in [0.3, 0.4) is 0 Å². The van der Waals surface area contributed by atoms with Crippen LogP contribution >= 0.6 is 0 Å². The maximum absolute atomic E-state index is 11.6. The average Bonchev–Trinajstić information content (AvgIpc) is 2.48. The van der Waals surface area contributed by atoms with Gasteiger partial charge in [-0.05, 0) is 27.2 Å². The van der Waals surface area contributed by atoms with E-state index in [1.807, 2.05) is 20.8 Å². The summed E-state index contributed by atoms with van der Waals surface area (Å²) in [5, 5.41) is 2.90. The van der Waals surface area contributed by atoms with Crippen LogP contribution in [0.1, 0.15) is 27.2 Å². The van der Waals surface area contributed by atoms with Gasteiger partial charge in [0, 0.05) is 12.1 Å². The molecule has 1 rings (SSSR count). The molecule has 1 aliphatic rings. The molecular formula is C9H19N3O2. The number of likely N-dealkylation sites (tertiary alicyclic amines) is 1. The monoisotopic (exact) mass is 201 g/mol. The first kappa shape index (κ1) is 11.3. The molecule has 0 unspecified atom stereocenters. The minimum absolute atomic E-state index is 0.0132. The largest absolute Gasteiger partial charge is 0.333 e. The molecule has 0 aromatic rings. The van der Waals surface area contributed by atoms with Gasteiger partial charge in [0.05, 0.1) is 12.6 Å². The van der Waals surface area contributed by atoms with Crippen LogP contribution in [0.5, 0.6) is 0 Å². The van der Waals surface area contributed by atoms with Gasteiger partial charge in [0.15, 0.2) is 0 Å². The number of amides is 2. The smallest absolute Gasteiger partial charge is 0.317 e. The fourth-order valence-corrected chi connectivity index (χ4v) is 1.42. The Balaban J connectivity index is 2.40. The van der Waals surface area contributed by atoms with E-state index in [0.717, 1.165) is 6.42 Å². The molecular weight excluding hydrogens is 182 g/mol. The second-order valence-electron chi connectivity index (χ2n) is 4.67. The summed E-state index contributed by atoms with van der Waals surface area (Å²) in [7, 11) is 0. The van der Waals surface area contributed by atoms with Crippen molar-refractivity contribution >= 4 is 6.03 Å². The standard InChI is InChI=1S/C9H19N3O2/c1-9(2,3)11-8(13)12-5-4-7(6-12)14-10/h7H,4-6,10H2,1-3H3,(H,11,13)/t7-/m1/s1. The van der Waals surface area contributed by atoms with E-state index in [0.29, 0.717) is 13.1 Å². The van der Waals surface area contributed by atoms with Crippen LogP contribution in [0, 0.1) is 0 Å². The molecule has 0 aromatic heterocycles. The Labute approximate surface area is 84.5 Å². The molecule has 0 saturated carbocycles. The molecule has 1 heterocycles. The first-order valence-electron chi connectivity index (χ1n) is 4.85. The van der Waals surface area contributed by atoms with E-state index in [-0.39, 0.29) is 17.7 Å². The molecule has 0 aliphatic carbocycles. The molecule has 1 atom stereocenters. The summed E-state index contributed by atoms with van der Waals surface area (Å²) in [4.78, 5) is 18.1. The zero-order chi connectivity index (χ0) is 10.8. The number of urea groups is 1. The van der Waals surface area contributed by atoms with Crippen LogP contribution in [0.2, 0.25) is 0 Å². The Hall–Kier alpha value is -0.810. The highest BCUT2D eigenvalue weighted by Gasteiger charge is 2.28. The number of hydrogen-bond donors (Lipinski definition) is 2. The van der Waals surface area contributed by atoms with E-state index in [1.54, 1.807) is 4.90 Å². The van der Waals surface area contributed by atoms with Gasteiger partial charge in [0.25, 0.3) is 0 Å². The van der Waals surface area contributed by atoms with Crippen LogP contribution in [0.15, 0.2) is 0 Å². The third-order valence-electron chi connectivity index (χ3n) is 2.11. The van der Waals surface area contributed by atoms with Crippen LogP contribution in [-0.2, 0) is 4.84 Å². The predicted molar refractivity (Wildman–Crippen MR) is 53.5 cm³/mol. The van der Waals surface area contributed by atoms with Gasteiger partial charge in [0.2, 0.25) is 0 Å². The number of carbonyl (C=O) groups excluding carboxylic acids is 1. The molecule has 14 heavy (non-hydrogen) atoms. The van der Waals surface area contributed by atoms with Crippen molar-refractivity contribution < 1.29 is 9.63 Å². The summed E-state index contributed by atoms with van der Waals surface area (Å²) in [5.74, 6) is 5.07. The van der Waals surface area contributed by atoms with E-state index in [4.69, 9.17) is 10.7 Å². The van der Waals surface area contributed by atoms with Gasteiger partial charge in [-0.15, -0.1) is 0 Å². The molecule has 0 spiro atoms. The van der Waals surface area contributed by atoms with Gasteiger partial charge in [0.1, 0.15) is 0 Å². The first-order chi connectivity index (χ1) is 6.42. The van der Waals surface area contributed by atoms with Gasteiger partial charge in [-0.2, -0.15) is 0 Å². The predicted octanol–water partition coefficient (Wildman–Crippen LogP) is 0.459. The SMILES string of the molecule is CC(C)(C)NC(=O)N1CC[C@@H](ON)C1. The number of rotatable bonds is 1. The van der Waals surface area contributed by atoms with Crippen molar-refractivity contribution in [2.24, 2.45) is 5.90 Å². The summed E-state index contributed by atoms with van der Waals surface area (Å²) >= 11 is 0. The van der Waals surface area contributed by atoms with E-state index >= 15 is 0 Å². The van der Waals surface area contributed by atoms with Gasteiger partial charge in [-0.1, -0.05) is 0 Å². The molecule has 3 N–H and O–H groups in total. The number of nitrogens with one attached hydrogen (secondary N) is 1. The van der Waals surface area contributed by atoms with Gasteiger partial charge >= 0.3 is 6.03 Å². The lowest BCUT2D eigenvalue weighted by atomic mass is 10.1. The highest BCUT2D eigenvalue weighted by Crippen LogP contribution is 2.12. The average molecular weight is 201 g/mol. The third-order valence-corrected chi connectivity index (χ3v) is 2.11. The normalized spacial score (nSPS) is 22.6. The van der Waals surface area contributed by atoms with E-state index in [2.05, 4.69) is 5.32 Å². The number of nitrogens with two attached hydrogens (primary N) is 1. The number of hydrogen-bond acceptors (Lipinski definition) is 3. The molecule has 1 aliphatic heterocycles. The van der Waals surface area contributed by atoms with Crippen LogP contribution < -0.4 is 11.2 Å². The minimum Gasteiger partial charge on any atom is -0.333 e. The van der Waals surface area contributed by atoms with Gasteiger partial charge < -0.3 is 10.2 Å². The summed E-state index contributed by atoms with van der Waals surface area (Å²) in [6, 6.07) is -0.0444. The quantitative estimate of drug-likeness (QED) is 0.606. The van der Waals surface area contributed by atoms with Crippen molar-refractivity contribution in [3.63, 3.8) is 0 Å². The summed E-state index contributed by atoms with van der Waals surface area (Å²) in [6.07, 6.45) is 0.800. The first-order valence-corrected chi connectivity index (χ1v) is 4.85. The molecule has 1 saturated heterocycles. The highest BCUT2D eigenvalue weighted by molar-refractivity contribution is 5.75. The Morgan fingerprint density at radius 2 is 2.21 bits per heavy atom. The van der Waals surface area contributed by atoms with E-state index in [1.165, 1.54) is 0 Å². The molecule has 2 amide bonds. The molecule has 5 nitrogen and oxygen atoms in total. The summed E-state index contributed by atoms with van der Waals surface area (Å²) in [6.45, 7) is 7.16. The Morgan fingerprint density at radius 1 is 1.57 bits per heavy atom. The zero-order valence-corrected chi connectivity index (χ0v) is 9.04. The highest BCUT2D eigenvalue weighted by atomic mass is 16.6. The van der Waals surface area contributed by atoms with Crippen molar-refractivity contribution in [3.8, 4) is 0 Å². The van der Waals surface area contributed by atoms with Gasteiger partial charge in [-0.3, -0.25) is 4.84 Å². The Morgan fingerprint density at radius 3 is 2.64 bits per heavy atom. The Bertz CT molecular complexity index is 213. The molecule has 0 bridgehead atoms. The second-order valence-corrected chi connectivity index (χ2v) is 4.67. The maximum Gasteiger partial charge on any atom is 0.317 e. The zero-order valence-electron chi connectivity index (χ0n) is 9.04. The molecule has 0 radical (unpaired) electrons. The molecule has 82 valence electrons. The van der Waals surface area contributed by atoms with Crippen molar-refractivity contribution in [3.05, 3.63) is 0 Å². The lowest BCUT2D eigenvalue weighted by molar-refractivity contribution is 0.0614. The van der Waals surface area contributed by atoms with Crippen molar-refractivity contribution in [2.45, 2.75) is 38.8 Å². The fraction of sp³-hybridized carbons (Fsp3) is 0.889. The second kappa shape index (κ2) is 4.14. The van der Waals surface area contributed by atoms with Crippen molar-refractivity contribution in [1.82, 2.24) is 10.2 Å². The van der Waals surface area contributed by atoms with E-state index in [9.17, 15) is 4.79 Å². The number of carbonyl (C=O) groups is 1. The Kier molecular flexibility index (Phi) is 3.34. The lowest BCUT2D eigenvalue weighted by Crippen LogP contribution is -2.48. The van der Waals surface area contributed by atoms with E-state index < -0.39 is 0 Å². The van der Waals surface area contributed by atoms with Crippen LogP contribution in [0.4, 0.5) is 4.79 Å². The molecule has 5 heteroatoms. The maximum atomic E-state index is 11.6. The molecule has 0 aromatic carbocycles. The topological polar surface area (TPSA) is 67.6 Å². The fourth-order valence-electron chi connectivity index (χ4n) is 1.42. The summed E-state index contributed by atoms with van der Waals surface area (Å²) in [5.41, 5.74) is -0.196. The van der Waals surface area contributed by atoms with Crippen LogP contribution in [0.25, 0.3) is 0 Å². The van der Waals surface area contributed by atoms with Crippen molar-refractivity contribution in [1.29, 1.82) is 0 Å². The third kappa shape index (κ3) is 3.16. The minimum atomic E-state index is -0.196. The summed E-state index contributed by atoms with van der Waals surface area (Å²) < 4.78 is 0. The van der Waals surface area contributed by atoms with Gasteiger partial charge in [-0.25, -0.2) is 10.7 Å².